The molecule has 3 aromatic carbocycles. The van der Waals surface area contributed by atoms with Crippen molar-refractivity contribution in [2.24, 2.45) is 0 Å². The van der Waals surface area contributed by atoms with E-state index in [1.54, 1.807) is 0 Å². The Morgan fingerprint density at radius 1 is 0.868 bits per heavy atom. The minimum absolute atomic E-state index is 0.0157. The number of benzene rings is 3. The van der Waals surface area contributed by atoms with Gasteiger partial charge in [-0.05, 0) is 54.4 Å². The summed E-state index contributed by atoms with van der Waals surface area (Å²) in [5.74, 6) is 0.456. The predicted octanol–water partition coefficient (Wildman–Crippen LogP) is 6.75. The van der Waals surface area contributed by atoms with Crippen LogP contribution in [0.3, 0.4) is 0 Å². The van der Waals surface area contributed by atoms with Crippen LogP contribution in [0, 0.1) is 6.92 Å². The standard InChI is InChI=1S/C34H42N2O2/c1-25(2)30-19-16-27(17-20-30)18-21-33(37)36(24-29-13-9-10-26(3)22-29)32(23-28-11-5-4-6-12-28)34(38)35-31-14-7-8-15-31/h4-6,9-13,16-17,19-20,22,25,31-32H,7-8,14-15,18,21,23-24H2,1-3H3,(H,35,38)/t32-/m1/s1. The number of nitrogens with zero attached hydrogens (tertiary/aromatic N) is 1. The van der Waals surface area contributed by atoms with E-state index in [0.29, 0.717) is 31.7 Å². The summed E-state index contributed by atoms with van der Waals surface area (Å²) in [4.78, 5) is 29.5. The predicted molar refractivity (Wildman–Crippen MR) is 155 cm³/mol. The first-order valence-electron chi connectivity index (χ1n) is 14.2. The fourth-order valence-corrected chi connectivity index (χ4v) is 5.39. The number of amides is 2. The Balaban J connectivity index is 1.59. The molecule has 0 saturated heterocycles. The maximum Gasteiger partial charge on any atom is 0.243 e. The summed E-state index contributed by atoms with van der Waals surface area (Å²) in [6.07, 6.45) is 5.86. The largest absolute Gasteiger partial charge is 0.352 e. The lowest BCUT2D eigenvalue weighted by Crippen LogP contribution is -2.52. The zero-order chi connectivity index (χ0) is 26.9. The maximum absolute atomic E-state index is 13.9. The van der Waals surface area contributed by atoms with E-state index >= 15 is 0 Å². The maximum atomic E-state index is 13.9. The molecular formula is C34H42N2O2. The molecule has 3 aromatic rings. The average Bonchev–Trinajstić information content (AvgIpc) is 3.43. The van der Waals surface area contributed by atoms with Gasteiger partial charge in [0.15, 0.2) is 0 Å². The van der Waals surface area contributed by atoms with Gasteiger partial charge >= 0.3 is 0 Å². The van der Waals surface area contributed by atoms with Crippen LogP contribution in [0.15, 0.2) is 78.9 Å². The van der Waals surface area contributed by atoms with E-state index in [1.807, 2.05) is 47.4 Å². The summed E-state index contributed by atoms with van der Waals surface area (Å²) in [5, 5.41) is 3.29. The molecule has 1 aliphatic rings. The van der Waals surface area contributed by atoms with Crippen LogP contribution in [0.4, 0.5) is 0 Å². The molecule has 4 rings (SSSR count). The molecule has 0 bridgehead atoms. The Morgan fingerprint density at radius 3 is 2.21 bits per heavy atom. The van der Waals surface area contributed by atoms with Crippen LogP contribution in [0.25, 0.3) is 0 Å². The molecule has 0 aliphatic heterocycles. The van der Waals surface area contributed by atoms with E-state index in [0.717, 1.165) is 47.9 Å². The van der Waals surface area contributed by atoms with Crippen molar-refractivity contribution in [1.82, 2.24) is 10.2 Å². The molecule has 1 N–H and O–H groups in total. The highest BCUT2D eigenvalue weighted by Crippen LogP contribution is 2.21. The third-order valence-corrected chi connectivity index (χ3v) is 7.68. The molecular weight excluding hydrogens is 468 g/mol. The van der Waals surface area contributed by atoms with Crippen molar-refractivity contribution in [3.8, 4) is 0 Å². The van der Waals surface area contributed by atoms with Crippen LogP contribution in [0.5, 0.6) is 0 Å². The van der Waals surface area contributed by atoms with E-state index in [9.17, 15) is 9.59 Å². The molecule has 1 fully saturated rings. The molecule has 200 valence electrons. The van der Waals surface area contributed by atoms with Gasteiger partial charge in [0.2, 0.25) is 11.8 Å². The van der Waals surface area contributed by atoms with Gasteiger partial charge in [0.1, 0.15) is 6.04 Å². The summed E-state index contributed by atoms with van der Waals surface area (Å²) in [6, 6.07) is 26.5. The van der Waals surface area contributed by atoms with Gasteiger partial charge in [-0.2, -0.15) is 0 Å². The van der Waals surface area contributed by atoms with E-state index in [-0.39, 0.29) is 17.9 Å². The van der Waals surface area contributed by atoms with Crippen molar-refractivity contribution in [2.45, 2.75) is 90.3 Å². The van der Waals surface area contributed by atoms with Crippen LogP contribution in [-0.4, -0.2) is 28.8 Å². The lowest BCUT2D eigenvalue weighted by Gasteiger charge is -2.32. The Bertz CT molecular complexity index is 1180. The lowest BCUT2D eigenvalue weighted by molar-refractivity contribution is -0.141. The first-order chi connectivity index (χ1) is 18.4. The first kappa shape index (κ1) is 27.6. The van der Waals surface area contributed by atoms with Crippen LogP contribution in [-0.2, 0) is 29.0 Å². The Kier molecular flexibility index (Phi) is 9.75. The van der Waals surface area contributed by atoms with Crippen molar-refractivity contribution in [3.05, 3.63) is 107 Å². The van der Waals surface area contributed by atoms with Gasteiger partial charge in [-0.1, -0.05) is 111 Å². The number of carbonyl (C=O) groups excluding carboxylic acids is 2. The van der Waals surface area contributed by atoms with Crippen LogP contribution in [0.1, 0.15) is 79.7 Å². The van der Waals surface area contributed by atoms with Gasteiger partial charge < -0.3 is 10.2 Å². The highest BCUT2D eigenvalue weighted by atomic mass is 16.2. The van der Waals surface area contributed by atoms with E-state index in [1.165, 1.54) is 5.56 Å². The van der Waals surface area contributed by atoms with Crippen molar-refractivity contribution in [1.29, 1.82) is 0 Å². The molecule has 4 heteroatoms. The average molecular weight is 511 g/mol. The minimum Gasteiger partial charge on any atom is -0.352 e. The lowest BCUT2D eigenvalue weighted by atomic mass is 9.99. The first-order valence-corrected chi connectivity index (χ1v) is 14.2. The summed E-state index contributed by atoms with van der Waals surface area (Å²) in [5.41, 5.74) is 5.70. The number of nitrogens with one attached hydrogen (secondary N) is 1. The van der Waals surface area contributed by atoms with Crippen molar-refractivity contribution < 1.29 is 9.59 Å². The normalized spacial score (nSPS) is 14.4. The molecule has 0 heterocycles. The second kappa shape index (κ2) is 13.4. The monoisotopic (exact) mass is 510 g/mol. The summed E-state index contributed by atoms with van der Waals surface area (Å²) >= 11 is 0. The quantitative estimate of drug-likeness (QED) is 0.310. The number of aryl methyl sites for hydroxylation is 2. The molecule has 0 radical (unpaired) electrons. The summed E-state index contributed by atoms with van der Waals surface area (Å²) < 4.78 is 0. The van der Waals surface area contributed by atoms with Crippen molar-refractivity contribution in [2.75, 3.05) is 0 Å². The molecule has 4 nitrogen and oxygen atoms in total. The van der Waals surface area contributed by atoms with Crippen molar-refractivity contribution in [3.63, 3.8) is 0 Å². The molecule has 1 aliphatic carbocycles. The van der Waals surface area contributed by atoms with Gasteiger partial charge in [-0.15, -0.1) is 0 Å². The molecule has 1 saturated carbocycles. The second-order valence-electron chi connectivity index (χ2n) is 11.1. The fourth-order valence-electron chi connectivity index (χ4n) is 5.39. The third kappa shape index (κ3) is 7.80. The molecule has 1 atom stereocenters. The molecule has 0 spiro atoms. The highest BCUT2D eigenvalue weighted by Gasteiger charge is 2.32. The number of rotatable bonds is 11. The SMILES string of the molecule is Cc1cccc(CN(C(=O)CCc2ccc(C(C)C)cc2)[C@H](Cc2ccccc2)C(=O)NC2CCCC2)c1. The van der Waals surface area contributed by atoms with Gasteiger partial charge in [-0.25, -0.2) is 0 Å². The number of carbonyl (C=O) groups is 2. The zero-order valence-electron chi connectivity index (χ0n) is 23.2. The molecule has 38 heavy (non-hydrogen) atoms. The molecule has 0 aromatic heterocycles. The van der Waals surface area contributed by atoms with E-state index in [2.05, 4.69) is 62.5 Å². The summed E-state index contributed by atoms with van der Waals surface area (Å²) in [6.45, 7) is 6.85. The minimum atomic E-state index is -0.561. The molecule has 2 amide bonds. The van der Waals surface area contributed by atoms with Gasteiger partial charge in [0.05, 0.1) is 0 Å². The van der Waals surface area contributed by atoms with Crippen LogP contribution in [0.2, 0.25) is 0 Å². The van der Waals surface area contributed by atoms with E-state index < -0.39 is 6.04 Å². The van der Waals surface area contributed by atoms with Crippen molar-refractivity contribution >= 4 is 11.8 Å². The van der Waals surface area contributed by atoms with Crippen LogP contribution < -0.4 is 5.32 Å². The van der Waals surface area contributed by atoms with E-state index in [4.69, 9.17) is 0 Å². The Labute approximate surface area is 228 Å². The van der Waals surface area contributed by atoms with Gasteiger partial charge in [0, 0.05) is 25.4 Å². The van der Waals surface area contributed by atoms with Crippen LogP contribution >= 0.6 is 0 Å². The van der Waals surface area contributed by atoms with Gasteiger partial charge in [-0.3, -0.25) is 9.59 Å². The van der Waals surface area contributed by atoms with Gasteiger partial charge in [0.25, 0.3) is 0 Å². The Morgan fingerprint density at radius 2 is 1.55 bits per heavy atom. The summed E-state index contributed by atoms with van der Waals surface area (Å²) in [7, 11) is 0. The smallest absolute Gasteiger partial charge is 0.243 e. The topological polar surface area (TPSA) is 49.4 Å². The zero-order valence-corrected chi connectivity index (χ0v) is 23.2. The third-order valence-electron chi connectivity index (χ3n) is 7.68. The Hall–Kier alpha value is -3.40. The highest BCUT2D eigenvalue weighted by molar-refractivity contribution is 5.88. The molecule has 0 unspecified atom stereocenters. The second-order valence-corrected chi connectivity index (χ2v) is 11.1. The number of hydrogen-bond acceptors (Lipinski definition) is 2. The fraction of sp³-hybridized carbons (Fsp3) is 0.412. The number of hydrogen-bond donors (Lipinski definition) is 1.